The Morgan fingerprint density at radius 2 is 2.14 bits per heavy atom. The van der Waals surface area contributed by atoms with E-state index in [0.717, 1.165) is 32.4 Å². The van der Waals surface area contributed by atoms with Crippen LogP contribution in [0.4, 0.5) is 0 Å². The normalized spacial score (nSPS) is 21.1. The van der Waals surface area contributed by atoms with E-state index in [4.69, 9.17) is 5.73 Å². The Kier molecular flexibility index (Phi) is 4.35. The molecular weight excluding hydrogens is 178 g/mol. The molecule has 1 heterocycles. The Morgan fingerprint density at radius 3 is 2.57 bits per heavy atom. The first-order valence-corrected chi connectivity index (χ1v) is 5.38. The summed E-state index contributed by atoms with van der Waals surface area (Å²) in [5, 5.41) is 3.31. The summed E-state index contributed by atoms with van der Waals surface area (Å²) in [5.41, 5.74) is 5.36. The average molecular weight is 199 g/mol. The van der Waals surface area contributed by atoms with Crippen LogP contribution in [0.3, 0.4) is 0 Å². The minimum Gasteiger partial charge on any atom is -0.368 e. The molecule has 1 saturated heterocycles. The van der Waals surface area contributed by atoms with Gasteiger partial charge in [-0.3, -0.25) is 9.69 Å². The predicted octanol–water partition coefficient (Wildman–Crippen LogP) is -0.0659. The lowest BCUT2D eigenvalue weighted by molar-refractivity contribution is -0.123. The third-order valence-electron chi connectivity index (χ3n) is 3.09. The molecule has 1 amide bonds. The van der Waals surface area contributed by atoms with Crippen LogP contribution in [0.2, 0.25) is 0 Å². The second-order valence-corrected chi connectivity index (χ2v) is 3.97. The fourth-order valence-corrected chi connectivity index (χ4v) is 2.16. The Hall–Kier alpha value is -0.610. The van der Waals surface area contributed by atoms with Gasteiger partial charge in [0.2, 0.25) is 5.91 Å². The quantitative estimate of drug-likeness (QED) is 0.666. The zero-order valence-corrected chi connectivity index (χ0v) is 9.12. The van der Waals surface area contributed by atoms with E-state index in [2.05, 4.69) is 10.2 Å². The molecule has 0 aromatic heterocycles. The van der Waals surface area contributed by atoms with Gasteiger partial charge in [-0.15, -0.1) is 0 Å². The number of carbonyl (C=O) groups is 1. The van der Waals surface area contributed by atoms with Crippen LogP contribution in [0, 0.1) is 0 Å². The molecule has 1 aliphatic rings. The van der Waals surface area contributed by atoms with Crippen molar-refractivity contribution in [1.29, 1.82) is 0 Å². The lowest BCUT2D eigenvalue weighted by atomic mass is 10.0. The van der Waals surface area contributed by atoms with E-state index < -0.39 is 0 Å². The molecule has 3 N–H and O–H groups in total. The largest absolute Gasteiger partial charge is 0.368 e. The molecule has 0 saturated carbocycles. The van der Waals surface area contributed by atoms with Crippen molar-refractivity contribution in [2.24, 2.45) is 5.73 Å². The van der Waals surface area contributed by atoms with E-state index in [1.165, 1.54) is 0 Å². The second-order valence-electron chi connectivity index (χ2n) is 3.97. The summed E-state index contributed by atoms with van der Waals surface area (Å²) < 4.78 is 0. The van der Waals surface area contributed by atoms with Crippen LogP contribution in [0.5, 0.6) is 0 Å². The number of hydrogen-bond donors (Lipinski definition) is 2. The molecule has 82 valence electrons. The molecule has 14 heavy (non-hydrogen) atoms. The van der Waals surface area contributed by atoms with Crippen LogP contribution in [-0.2, 0) is 4.79 Å². The van der Waals surface area contributed by atoms with Crippen molar-refractivity contribution < 1.29 is 4.79 Å². The number of amides is 1. The van der Waals surface area contributed by atoms with Crippen molar-refractivity contribution >= 4 is 5.91 Å². The molecule has 4 nitrogen and oxygen atoms in total. The van der Waals surface area contributed by atoms with Crippen molar-refractivity contribution in [2.75, 3.05) is 20.1 Å². The highest BCUT2D eigenvalue weighted by molar-refractivity contribution is 5.79. The van der Waals surface area contributed by atoms with Crippen molar-refractivity contribution in [3.8, 4) is 0 Å². The fraction of sp³-hybridized carbons (Fsp3) is 0.900. The van der Waals surface area contributed by atoms with E-state index in [9.17, 15) is 4.79 Å². The number of likely N-dealkylation sites (N-methyl/N-ethyl adjacent to an activating group) is 1. The van der Waals surface area contributed by atoms with Crippen molar-refractivity contribution in [3.63, 3.8) is 0 Å². The summed E-state index contributed by atoms with van der Waals surface area (Å²) in [4.78, 5) is 13.3. The number of nitrogens with two attached hydrogens (primary N) is 1. The molecule has 0 aromatic carbocycles. The monoisotopic (exact) mass is 199 g/mol. The van der Waals surface area contributed by atoms with Gasteiger partial charge >= 0.3 is 0 Å². The van der Waals surface area contributed by atoms with E-state index in [1.807, 2.05) is 14.0 Å². The minimum absolute atomic E-state index is 0.0990. The third kappa shape index (κ3) is 2.69. The molecule has 1 fully saturated rings. The van der Waals surface area contributed by atoms with Crippen LogP contribution >= 0.6 is 0 Å². The fourth-order valence-electron chi connectivity index (χ4n) is 2.16. The number of primary amides is 1. The summed E-state index contributed by atoms with van der Waals surface area (Å²) in [6.07, 6.45) is 3.02. The minimum atomic E-state index is -0.200. The average Bonchev–Trinajstić information content (AvgIpc) is 2.19. The molecule has 0 aliphatic carbocycles. The van der Waals surface area contributed by atoms with Gasteiger partial charge in [0.15, 0.2) is 0 Å². The van der Waals surface area contributed by atoms with Crippen LogP contribution in [-0.4, -0.2) is 43.0 Å². The summed E-state index contributed by atoms with van der Waals surface area (Å²) in [6, 6.07) is 0.409. The van der Waals surface area contributed by atoms with Crippen molar-refractivity contribution in [2.45, 2.75) is 38.3 Å². The standard InChI is InChI=1S/C10H21N3O/c1-3-9(10(11)14)13(2)8-4-6-12-7-5-8/h8-9,12H,3-7H2,1-2H3,(H2,11,14). The van der Waals surface area contributed by atoms with E-state index in [0.29, 0.717) is 6.04 Å². The van der Waals surface area contributed by atoms with Gasteiger partial charge in [0.05, 0.1) is 6.04 Å². The molecular formula is C10H21N3O. The lowest BCUT2D eigenvalue weighted by Crippen LogP contribution is -2.50. The molecule has 1 aliphatic heterocycles. The molecule has 1 rings (SSSR count). The number of nitrogens with one attached hydrogen (secondary N) is 1. The van der Waals surface area contributed by atoms with Gasteiger partial charge in [0.25, 0.3) is 0 Å². The zero-order valence-electron chi connectivity index (χ0n) is 9.12. The summed E-state index contributed by atoms with van der Waals surface area (Å²) in [6.45, 7) is 4.10. The van der Waals surface area contributed by atoms with Gasteiger partial charge in [0, 0.05) is 6.04 Å². The molecule has 0 radical (unpaired) electrons. The maximum absolute atomic E-state index is 11.2. The molecule has 4 heteroatoms. The van der Waals surface area contributed by atoms with Gasteiger partial charge in [-0.2, -0.15) is 0 Å². The van der Waals surface area contributed by atoms with Crippen molar-refractivity contribution in [1.82, 2.24) is 10.2 Å². The summed E-state index contributed by atoms with van der Waals surface area (Å²) >= 11 is 0. The summed E-state index contributed by atoms with van der Waals surface area (Å²) in [7, 11) is 2.01. The van der Waals surface area contributed by atoms with E-state index >= 15 is 0 Å². The van der Waals surface area contributed by atoms with Gasteiger partial charge in [0.1, 0.15) is 0 Å². The maximum Gasteiger partial charge on any atom is 0.234 e. The molecule has 1 unspecified atom stereocenters. The highest BCUT2D eigenvalue weighted by Crippen LogP contribution is 2.14. The van der Waals surface area contributed by atoms with Crippen LogP contribution in [0.1, 0.15) is 26.2 Å². The maximum atomic E-state index is 11.2. The number of rotatable bonds is 4. The zero-order chi connectivity index (χ0) is 10.6. The number of piperidine rings is 1. The first kappa shape index (κ1) is 11.5. The molecule has 0 bridgehead atoms. The lowest BCUT2D eigenvalue weighted by Gasteiger charge is -2.35. The first-order valence-electron chi connectivity index (χ1n) is 5.38. The first-order chi connectivity index (χ1) is 6.66. The van der Waals surface area contributed by atoms with E-state index in [1.54, 1.807) is 0 Å². The molecule has 0 aromatic rings. The number of nitrogens with zero attached hydrogens (tertiary/aromatic N) is 1. The Bertz CT molecular complexity index is 190. The smallest absolute Gasteiger partial charge is 0.234 e. The highest BCUT2D eigenvalue weighted by atomic mass is 16.1. The van der Waals surface area contributed by atoms with Gasteiger partial charge in [-0.25, -0.2) is 0 Å². The highest BCUT2D eigenvalue weighted by Gasteiger charge is 2.26. The molecule has 0 spiro atoms. The Labute approximate surface area is 85.8 Å². The predicted molar refractivity (Wildman–Crippen MR) is 56.9 cm³/mol. The Balaban J connectivity index is 2.51. The number of carbonyl (C=O) groups excluding carboxylic acids is 1. The van der Waals surface area contributed by atoms with Gasteiger partial charge < -0.3 is 11.1 Å². The van der Waals surface area contributed by atoms with Crippen molar-refractivity contribution in [3.05, 3.63) is 0 Å². The number of hydrogen-bond acceptors (Lipinski definition) is 3. The SMILES string of the molecule is CCC(C(N)=O)N(C)C1CCNCC1. The topological polar surface area (TPSA) is 58.4 Å². The van der Waals surface area contributed by atoms with Crippen LogP contribution < -0.4 is 11.1 Å². The van der Waals surface area contributed by atoms with Gasteiger partial charge in [-0.1, -0.05) is 6.92 Å². The third-order valence-corrected chi connectivity index (χ3v) is 3.09. The van der Waals surface area contributed by atoms with Crippen LogP contribution in [0.15, 0.2) is 0 Å². The van der Waals surface area contributed by atoms with E-state index in [-0.39, 0.29) is 11.9 Å². The summed E-state index contributed by atoms with van der Waals surface area (Å²) in [5.74, 6) is -0.200. The van der Waals surface area contributed by atoms with Gasteiger partial charge in [-0.05, 0) is 39.4 Å². The Morgan fingerprint density at radius 1 is 1.57 bits per heavy atom. The molecule has 1 atom stereocenters. The second kappa shape index (κ2) is 5.32. The van der Waals surface area contributed by atoms with Crippen LogP contribution in [0.25, 0.3) is 0 Å².